The summed E-state index contributed by atoms with van der Waals surface area (Å²) in [5.74, 6) is 5.88. The summed E-state index contributed by atoms with van der Waals surface area (Å²) in [6, 6.07) is 7.17. The van der Waals surface area contributed by atoms with Crippen LogP contribution in [0.5, 0.6) is 11.5 Å². The molecule has 0 bridgehead atoms. The summed E-state index contributed by atoms with van der Waals surface area (Å²) in [6.45, 7) is 3.77. The molecule has 0 heterocycles. The topological polar surface area (TPSA) is 73.6 Å². The maximum absolute atomic E-state index is 11.6. The number of hydrogen-bond acceptors (Lipinski definition) is 4. The SMILES string of the molecule is COc1ccccc1OC(C(=O)NN)C(C)C. The lowest BCUT2D eigenvalue weighted by molar-refractivity contribution is -0.129. The van der Waals surface area contributed by atoms with Gasteiger partial charge >= 0.3 is 0 Å². The molecule has 0 aliphatic rings. The van der Waals surface area contributed by atoms with Crippen LogP contribution in [-0.2, 0) is 4.79 Å². The summed E-state index contributed by atoms with van der Waals surface area (Å²) < 4.78 is 10.8. The number of benzene rings is 1. The highest BCUT2D eigenvalue weighted by Crippen LogP contribution is 2.28. The van der Waals surface area contributed by atoms with Gasteiger partial charge in [-0.2, -0.15) is 0 Å². The van der Waals surface area contributed by atoms with Gasteiger partial charge in [-0.15, -0.1) is 0 Å². The van der Waals surface area contributed by atoms with Crippen molar-refractivity contribution in [2.45, 2.75) is 20.0 Å². The molecule has 1 aromatic rings. The molecular weight excluding hydrogens is 220 g/mol. The van der Waals surface area contributed by atoms with E-state index >= 15 is 0 Å². The van der Waals surface area contributed by atoms with Crippen LogP contribution in [0.25, 0.3) is 0 Å². The van der Waals surface area contributed by atoms with E-state index in [1.54, 1.807) is 19.2 Å². The Bertz CT molecular complexity index is 380. The van der Waals surface area contributed by atoms with Gasteiger partial charge in [-0.3, -0.25) is 10.2 Å². The highest BCUT2D eigenvalue weighted by molar-refractivity contribution is 5.80. The predicted molar refractivity (Wildman–Crippen MR) is 64.6 cm³/mol. The van der Waals surface area contributed by atoms with Gasteiger partial charge in [-0.05, 0) is 18.1 Å². The van der Waals surface area contributed by atoms with Gasteiger partial charge in [-0.25, -0.2) is 5.84 Å². The largest absolute Gasteiger partial charge is 0.493 e. The minimum atomic E-state index is -0.642. The number of methoxy groups -OCH3 is 1. The molecule has 1 aromatic carbocycles. The fourth-order valence-corrected chi connectivity index (χ4v) is 1.43. The Morgan fingerprint density at radius 1 is 1.29 bits per heavy atom. The van der Waals surface area contributed by atoms with E-state index in [9.17, 15) is 4.79 Å². The van der Waals surface area contributed by atoms with Crippen LogP contribution in [0.2, 0.25) is 0 Å². The Labute approximate surface area is 101 Å². The third-order valence-corrected chi connectivity index (χ3v) is 2.33. The van der Waals surface area contributed by atoms with Crippen molar-refractivity contribution in [2.75, 3.05) is 7.11 Å². The third kappa shape index (κ3) is 3.35. The highest BCUT2D eigenvalue weighted by atomic mass is 16.5. The number of hydrazine groups is 1. The fourth-order valence-electron chi connectivity index (χ4n) is 1.43. The standard InChI is InChI=1S/C12H18N2O3/c1-8(2)11(12(15)14-13)17-10-7-5-4-6-9(10)16-3/h4-8,11H,13H2,1-3H3,(H,14,15). The molecule has 1 rings (SSSR count). The molecule has 94 valence electrons. The second-order valence-electron chi connectivity index (χ2n) is 3.94. The summed E-state index contributed by atoms with van der Waals surface area (Å²) in [7, 11) is 1.55. The van der Waals surface area contributed by atoms with E-state index in [0.29, 0.717) is 11.5 Å². The average molecular weight is 238 g/mol. The summed E-state index contributed by atoms with van der Waals surface area (Å²) in [6.07, 6.45) is -0.642. The molecule has 0 saturated carbocycles. The van der Waals surface area contributed by atoms with E-state index < -0.39 is 6.10 Å². The van der Waals surface area contributed by atoms with Gasteiger partial charge in [0.2, 0.25) is 0 Å². The Hall–Kier alpha value is -1.75. The van der Waals surface area contributed by atoms with E-state index in [-0.39, 0.29) is 11.8 Å². The number of para-hydroxylation sites is 2. The number of rotatable bonds is 5. The Morgan fingerprint density at radius 2 is 1.88 bits per heavy atom. The Balaban J connectivity index is 2.89. The van der Waals surface area contributed by atoms with E-state index in [1.165, 1.54) is 0 Å². The second kappa shape index (κ2) is 6.10. The predicted octanol–water partition coefficient (Wildman–Crippen LogP) is 1.09. The van der Waals surface area contributed by atoms with Crippen molar-refractivity contribution in [1.29, 1.82) is 0 Å². The monoisotopic (exact) mass is 238 g/mol. The zero-order valence-corrected chi connectivity index (χ0v) is 10.3. The van der Waals surface area contributed by atoms with Gasteiger partial charge in [-0.1, -0.05) is 26.0 Å². The highest BCUT2D eigenvalue weighted by Gasteiger charge is 2.24. The molecule has 3 N–H and O–H groups in total. The molecule has 1 atom stereocenters. The quantitative estimate of drug-likeness (QED) is 0.457. The van der Waals surface area contributed by atoms with Crippen LogP contribution in [0.3, 0.4) is 0 Å². The summed E-state index contributed by atoms with van der Waals surface area (Å²) in [5, 5.41) is 0. The summed E-state index contributed by atoms with van der Waals surface area (Å²) in [4.78, 5) is 11.6. The first-order valence-corrected chi connectivity index (χ1v) is 5.40. The van der Waals surface area contributed by atoms with Crippen molar-refractivity contribution in [1.82, 2.24) is 5.43 Å². The maximum atomic E-state index is 11.6. The molecule has 0 aromatic heterocycles. The summed E-state index contributed by atoms with van der Waals surface area (Å²) >= 11 is 0. The lowest BCUT2D eigenvalue weighted by Gasteiger charge is -2.21. The lowest BCUT2D eigenvalue weighted by atomic mass is 10.1. The number of carbonyl (C=O) groups is 1. The minimum absolute atomic E-state index is 0.00321. The van der Waals surface area contributed by atoms with Gasteiger partial charge in [0.05, 0.1) is 7.11 Å². The smallest absolute Gasteiger partial charge is 0.275 e. The van der Waals surface area contributed by atoms with E-state index in [1.807, 2.05) is 26.0 Å². The Morgan fingerprint density at radius 3 is 2.35 bits per heavy atom. The maximum Gasteiger partial charge on any atom is 0.275 e. The van der Waals surface area contributed by atoms with Crippen molar-refractivity contribution >= 4 is 5.91 Å². The third-order valence-electron chi connectivity index (χ3n) is 2.33. The van der Waals surface area contributed by atoms with E-state index in [0.717, 1.165) is 0 Å². The van der Waals surface area contributed by atoms with Crippen molar-refractivity contribution in [3.8, 4) is 11.5 Å². The van der Waals surface area contributed by atoms with Crippen LogP contribution in [0.15, 0.2) is 24.3 Å². The molecule has 0 aliphatic heterocycles. The van der Waals surface area contributed by atoms with E-state index in [2.05, 4.69) is 5.43 Å². The first-order valence-electron chi connectivity index (χ1n) is 5.40. The van der Waals surface area contributed by atoms with Crippen molar-refractivity contribution in [2.24, 2.45) is 11.8 Å². The molecule has 1 amide bonds. The van der Waals surface area contributed by atoms with Crippen LogP contribution in [0.4, 0.5) is 0 Å². The van der Waals surface area contributed by atoms with Crippen LogP contribution >= 0.6 is 0 Å². The van der Waals surface area contributed by atoms with Gasteiger partial charge in [0.1, 0.15) is 0 Å². The number of amides is 1. The van der Waals surface area contributed by atoms with Gasteiger partial charge in [0.15, 0.2) is 17.6 Å². The second-order valence-corrected chi connectivity index (χ2v) is 3.94. The molecule has 0 radical (unpaired) electrons. The molecule has 0 spiro atoms. The van der Waals surface area contributed by atoms with Crippen molar-refractivity contribution < 1.29 is 14.3 Å². The van der Waals surface area contributed by atoms with Crippen LogP contribution in [-0.4, -0.2) is 19.1 Å². The normalized spacial score (nSPS) is 12.1. The molecule has 5 heteroatoms. The van der Waals surface area contributed by atoms with Gasteiger partial charge in [0.25, 0.3) is 5.91 Å². The molecule has 0 fully saturated rings. The van der Waals surface area contributed by atoms with Gasteiger partial charge < -0.3 is 9.47 Å². The molecule has 0 saturated heterocycles. The molecule has 1 unspecified atom stereocenters. The number of nitrogens with one attached hydrogen (secondary N) is 1. The summed E-state index contributed by atoms with van der Waals surface area (Å²) in [5.41, 5.74) is 2.10. The van der Waals surface area contributed by atoms with Crippen LogP contribution < -0.4 is 20.7 Å². The average Bonchev–Trinajstić information content (AvgIpc) is 2.35. The number of carbonyl (C=O) groups excluding carboxylic acids is 1. The van der Waals surface area contributed by atoms with Crippen LogP contribution in [0.1, 0.15) is 13.8 Å². The first kappa shape index (κ1) is 13.3. The van der Waals surface area contributed by atoms with Crippen molar-refractivity contribution in [3.63, 3.8) is 0 Å². The Kier molecular flexibility index (Phi) is 4.78. The molecule has 5 nitrogen and oxygen atoms in total. The van der Waals surface area contributed by atoms with Gasteiger partial charge in [0, 0.05) is 0 Å². The fraction of sp³-hybridized carbons (Fsp3) is 0.417. The zero-order chi connectivity index (χ0) is 12.8. The number of ether oxygens (including phenoxy) is 2. The molecular formula is C12H18N2O3. The molecule has 17 heavy (non-hydrogen) atoms. The molecule has 0 aliphatic carbocycles. The van der Waals surface area contributed by atoms with Crippen LogP contribution in [0, 0.1) is 5.92 Å². The number of hydrogen-bond donors (Lipinski definition) is 2. The first-order chi connectivity index (χ1) is 8.10. The van der Waals surface area contributed by atoms with E-state index in [4.69, 9.17) is 15.3 Å². The minimum Gasteiger partial charge on any atom is -0.493 e. The van der Waals surface area contributed by atoms with Crippen molar-refractivity contribution in [3.05, 3.63) is 24.3 Å². The zero-order valence-electron chi connectivity index (χ0n) is 10.3. The lowest BCUT2D eigenvalue weighted by Crippen LogP contribution is -2.44. The number of nitrogens with two attached hydrogens (primary N) is 1.